The Bertz CT molecular complexity index is 666. The van der Waals surface area contributed by atoms with Crippen molar-refractivity contribution in [3.05, 3.63) is 36.2 Å². The van der Waals surface area contributed by atoms with E-state index in [0.29, 0.717) is 5.16 Å². The predicted molar refractivity (Wildman–Crippen MR) is 85.7 cm³/mol. The Kier molecular flexibility index (Phi) is 5.54. The molecule has 0 spiro atoms. The summed E-state index contributed by atoms with van der Waals surface area (Å²) >= 11 is 1.09. The zero-order valence-electron chi connectivity index (χ0n) is 12.6. The van der Waals surface area contributed by atoms with Crippen LogP contribution in [0.15, 0.2) is 40.9 Å². The first kappa shape index (κ1) is 16.0. The Balaban J connectivity index is 2.16. The molecule has 0 fully saturated rings. The number of benzene rings is 1. The van der Waals surface area contributed by atoms with E-state index in [2.05, 4.69) is 20.7 Å². The molecule has 0 radical (unpaired) electrons. The molecule has 0 amide bonds. The topological polar surface area (TPSA) is 81.4 Å². The van der Waals surface area contributed by atoms with Gasteiger partial charge in [-0.2, -0.15) is 5.10 Å². The minimum atomic E-state index is -0.505. The Morgan fingerprint density at radius 3 is 2.73 bits per heavy atom. The number of ether oxygens (including phenoxy) is 1. The van der Waals surface area contributed by atoms with Gasteiger partial charge in [0.1, 0.15) is 6.33 Å². The number of carbonyl (C=O) groups is 1. The van der Waals surface area contributed by atoms with Gasteiger partial charge in [0, 0.05) is 7.05 Å². The molecule has 1 aromatic heterocycles. The summed E-state index contributed by atoms with van der Waals surface area (Å²) in [6.07, 6.45) is 1.55. The molecule has 2 aromatic rings. The van der Waals surface area contributed by atoms with E-state index in [-0.39, 0.29) is 11.7 Å². The summed E-state index contributed by atoms with van der Waals surface area (Å²) in [5.41, 5.74) is 4.78. The number of thioether (sulfide) groups is 1. The molecule has 0 aliphatic rings. The van der Waals surface area contributed by atoms with Crippen LogP contribution in [0.25, 0.3) is 0 Å². The van der Waals surface area contributed by atoms with Gasteiger partial charge in [-0.3, -0.25) is 5.43 Å². The van der Waals surface area contributed by atoms with E-state index in [9.17, 15) is 4.79 Å². The van der Waals surface area contributed by atoms with Crippen LogP contribution in [0, 0.1) is 6.92 Å². The quantitative estimate of drug-likeness (QED) is 0.306. The van der Waals surface area contributed by atoms with Gasteiger partial charge < -0.3 is 9.30 Å². The molecule has 0 saturated heterocycles. The molecule has 0 bridgehead atoms. The monoisotopic (exact) mass is 319 g/mol. The lowest BCUT2D eigenvalue weighted by atomic mass is 10.2. The molecule has 22 heavy (non-hydrogen) atoms. The minimum Gasteiger partial charge on any atom is -0.461 e. The molecule has 0 atom stereocenters. The van der Waals surface area contributed by atoms with Crippen molar-refractivity contribution < 1.29 is 9.53 Å². The van der Waals surface area contributed by atoms with Gasteiger partial charge in [-0.1, -0.05) is 17.7 Å². The summed E-state index contributed by atoms with van der Waals surface area (Å²) in [5.74, 6) is -0.505. The molecule has 1 heterocycles. The first-order chi connectivity index (χ1) is 10.6. The smallest absolute Gasteiger partial charge is 0.365 e. The molecule has 116 valence electrons. The van der Waals surface area contributed by atoms with E-state index in [4.69, 9.17) is 4.74 Å². The standard InChI is InChI=1S/C14H17N5O2S/c1-4-21-13(20)12(22-14-18-15-9-19(14)3)17-16-11-7-5-10(2)6-8-11/h5-9,16H,4H2,1-3H3/b17-12+. The summed E-state index contributed by atoms with van der Waals surface area (Å²) in [6.45, 7) is 4.03. The second-order valence-electron chi connectivity index (χ2n) is 4.44. The van der Waals surface area contributed by atoms with Crippen molar-refractivity contribution in [3.63, 3.8) is 0 Å². The fourth-order valence-corrected chi connectivity index (χ4v) is 2.18. The van der Waals surface area contributed by atoms with Crippen molar-refractivity contribution in [1.82, 2.24) is 14.8 Å². The van der Waals surface area contributed by atoms with Crippen LogP contribution in [-0.4, -0.2) is 32.4 Å². The van der Waals surface area contributed by atoms with Crippen LogP contribution in [0.2, 0.25) is 0 Å². The first-order valence-corrected chi connectivity index (χ1v) is 7.51. The van der Waals surface area contributed by atoms with Gasteiger partial charge in [-0.05, 0) is 37.7 Å². The second-order valence-corrected chi connectivity index (χ2v) is 5.40. The highest BCUT2D eigenvalue weighted by atomic mass is 32.2. The van der Waals surface area contributed by atoms with Crippen molar-refractivity contribution in [3.8, 4) is 0 Å². The molecule has 1 N–H and O–H groups in total. The van der Waals surface area contributed by atoms with Crippen LogP contribution in [0.4, 0.5) is 5.69 Å². The molecule has 2 rings (SSSR count). The van der Waals surface area contributed by atoms with Crippen LogP contribution in [0.3, 0.4) is 0 Å². The number of hydrogen-bond acceptors (Lipinski definition) is 7. The number of carbonyl (C=O) groups excluding carboxylic acids is 1. The van der Waals surface area contributed by atoms with Gasteiger partial charge in [-0.25, -0.2) is 4.79 Å². The third-order valence-corrected chi connectivity index (χ3v) is 3.65. The molecule has 1 aromatic carbocycles. The van der Waals surface area contributed by atoms with E-state index in [0.717, 1.165) is 23.0 Å². The molecule has 0 aliphatic heterocycles. The van der Waals surface area contributed by atoms with Gasteiger partial charge in [0.05, 0.1) is 12.3 Å². The molecule has 0 unspecified atom stereocenters. The van der Waals surface area contributed by atoms with E-state index in [1.807, 2.05) is 31.2 Å². The molecular weight excluding hydrogens is 302 g/mol. The van der Waals surface area contributed by atoms with Crippen LogP contribution >= 0.6 is 11.8 Å². The molecule has 0 aliphatic carbocycles. The summed E-state index contributed by atoms with van der Waals surface area (Å²) in [6, 6.07) is 7.68. The molecule has 0 saturated carbocycles. The van der Waals surface area contributed by atoms with Gasteiger partial charge in [0.2, 0.25) is 5.04 Å². The SMILES string of the molecule is CCOC(=O)/C(=N\Nc1ccc(C)cc1)Sc1nncn1C. The highest BCUT2D eigenvalue weighted by molar-refractivity contribution is 8.15. The Hall–Kier alpha value is -2.35. The summed E-state index contributed by atoms with van der Waals surface area (Å²) in [5, 5.41) is 12.5. The average molecular weight is 319 g/mol. The van der Waals surface area contributed by atoms with Crippen molar-refractivity contribution in [2.24, 2.45) is 12.1 Å². The van der Waals surface area contributed by atoms with Crippen molar-refractivity contribution in [2.75, 3.05) is 12.0 Å². The zero-order valence-corrected chi connectivity index (χ0v) is 13.4. The zero-order chi connectivity index (χ0) is 15.9. The normalized spacial score (nSPS) is 11.3. The number of esters is 1. The van der Waals surface area contributed by atoms with E-state index in [1.54, 1.807) is 24.9 Å². The number of nitrogens with zero attached hydrogens (tertiary/aromatic N) is 4. The fourth-order valence-electron chi connectivity index (χ4n) is 1.50. The maximum absolute atomic E-state index is 12.0. The van der Waals surface area contributed by atoms with Crippen LogP contribution in [-0.2, 0) is 16.6 Å². The van der Waals surface area contributed by atoms with Gasteiger partial charge in [-0.15, -0.1) is 10.2 Å². The van der Waals surface area contributed by atoms with Gasteiger partial charge in [0.25, 0.3) is 0 Å². The maximum Gasteiger partial charge on any atom is 0.365 e. The number of rotatable bonds is 4. The fraction of sp³-hybridized carbons (Fsp3) is 0.286. The van der Waals surface area contributed by atoms with Crippen molar-refractivity contribution in [2.45, 2.75) is 19.0 Å². The minimum absolute atomic E-state index is 0.165. The summed E-state index contributed by atoms with van der Waals surface area (Å²) in [4.78, 5) is 12.0. The van der Waals surface area contributed by atoms with E-state index < -0.39 is 5.97 Å². The average Bonchev–Trinajstić information content (AvgIpc) is 2.90. The second kappa shape index (κ2) is 7.60. The molecule has 8 heteroatoms. The number of aryl methyl sites for hydroxylation is 2. The summed E-state index contributed by atoms with van der Waals surface area (Å²) in [7, 11) is 1.79. The van der Waals surface area contributed by atoms with Crippen LogP contribution < -0.4 is 5.43 Å². The van der Waals surface area contributed by atoms with Crippen LogP contribution in [0.1, 0.15) is 12.5 Å². The van der Waals surface area contributed by atoms with Gasteiger partial charge >= 0.3 is 5.97 Å². The lowest BCUT2D eigenvalue weighted by Gasteiger charge is -2.06. The highest BCUT2D eigenvalue weighted by Gasteiger charge is 2.17. The number of nitrogens with one attached hydrogen (secondary N) is 1. The number of hydrazone groups is 1. The Labute approximate surface area is 132 Å². The van der Waals surface area contributed by atoms with Crippen LogP contribution in [0.5, 0.6) is 0 Å². The highest BCUT2D eigenvalue weighted by Crippen LogP contribution is 2.18. The number of hydrogen-bond donors (Lipinski definition) is 1. The largest absolute Gasteiger partial charge is 0.461 e. The lowest BCUT2D eigenvalue weighted by Crippen LogP contribution is -2.16. The predicted octanol–water partition coefficient (Wildman–Crippen LogP) is 2.20. The van der Waals surface area contributed by atoms with Gasteiger partial charge in [0.15, 0.2) is 5.16 Å². The third-order valence-electron chi connectivity index (χ3n) is 2.65. The third kappa shape index (κ3) is 4.32. The lowest BCUT2D eigenvalue weighted by molar-refractivity contribution is -0.134. The summed E-state index contributed by atoms with van der Waals surface area (Å²) < 4.78 is 6.71. The Morgan fingerprint density at radius 2 is 2.14 bits per heavy atom. The number of anilines is 1. The Morgan fingerprint density at radius 1 is 1.41 bits per heavy atom. The molecule has 7 nitrogen and oxygen atoms in total. The number of aromatic nitrogens is 3. The van der Waals surface area contributed by atoms with E-state index >= 15 is 0 Å². The first-order valence-electron chi connectivity index (χ1n) is 6.69. The van der Waals surface area contributed by atoms with Crippen molar-refractivity contribution in [1.29, 1.82) is 0 Å². The maximum atomic E-state index is 12.0. The van der Waals surface area contributed by atoms with Crippen molar-refractivity contribution >= 4 is 28.5 Å². The van der Waals surface area contributed by atoms with E-state index in [1.165, 1.54) is 0 Å². The molecular formula is C14H17N5O2S.